The lowest BCUT2D eigenvalue weighted by molar-refractivity contribution is -0.0993. The Hall–Kier alpha value is -0.710. The van der Waals surface area contributed by atoms with Crippen LogP contribution < -0.4 is 0 Å². The number of Topliss-reactive ketones (excluding diaryl/α,β-unsaturated/α-hetero) is 1. The number of hydrogen-bond acceptors (Lipinski definition) is 4. The molecule has 3 nitrogen and oxygen atoms in total. The van der Waals surface area contributed by atoms with Crippen LogP contribution >= 0.6 is 11.3 Å². The van der Waals surface area contributed by atoms with E-state index in [0.717, 1.165) is 10.4 Å². The van der Waals surface area contributed by atoms with E-state index in [2.05, 4.69) is 0 Å². The maximum Gasteiger partial charge on any atom is 0.178 e. The quantitative estimate of drug-likeness (QED) is 0.557. The van der Waals surface area contributed by atoms with Crippen LogP contribution in [0.3, 0.4) is 0 Å². The lowest BCUT2D eigenvalue weighted by Gasteiger charge is -2.11. The van der Waals surface area contributed by atoms with E-state index in [1.807, 2.05) is 18.4 Å². The minimum atomic E-state index is -0.441. The molecule has 0 aromatic carbocycles. The number of rotatable bonds is 5. The van der Waals surface area contributed by atoms with Crippen LogP contribution in [0.4, 0.5) is 0 Å². The first-order valence-corrected chi connectivity index (χ1v) is 5.20. The molecular weight excluding hydrogens is 200 g/mol. The Morgan fingerprint density at radius 2 is 2.14 bits per heavy atom. The second-order valence-electron chi connectivity index (χ2n) is 2.96. The van der Waals surface area contributed by atoms with Gasteiger partial charge < -0.3 is 9.47 Å². The minimum Gasteiger partial charge on any atom is -0.355 e. The van der Waals surface area contributed by atoms with Crippen molar-refractivity contribution < 1.29 is 14.3 Å². The van der Waals surface area contributed by atoms with Crippen LogP contribution in [0.15, 0.2) is 11.4 Å². The monoisotopic (exact) mass is 214 g/mol. The van der Waals surface area contributed by atoms with Gasteiger partial charge in [0, 0.05) is 14.2 Å². The molecule has 0 radical (unpaired) electrons. The first-order valence-electron chi connectivity index (χ1n) is 4.32. The molecule has 1 aromatic rings. The van der Waals surface area contributed by atoms with Crippen LogP contribution in [0, 0.1) is 6.92 Å². The fourth-order valence-electron chi connectivity index (χ4n) is 1.17. The van der Waals surface area contributed by atoms with Crippen molar-refractivity contribution in [1.29, 1.82) is 0 Å². The van der Waals surface area contributed by atoms with Crippen LogP contribution in [0.25, 0.3) is 0 Å². The average molecular weight is 214 g/mol. The molecule has 0 unspecified atom stereocenters. The van der Waals surface area contributed by atoms with Gasteiger partial charge in [0.05, 0.1) is 11.3 Å². The van der Waals surface area contributed by atoms with Crippen LogP contribution in [-0.4, -0.2) is 26.3 Å². The lowest BCUT2D eigenvalue weighted by Crippen LogP contribution is -2.17. The summed E-state index contributed by atoms with van der Waals surface area (Å²) in [5.74, 6) is 0.0752. The zero-order valence-electron chi connectivity index (χ0n) is 8.57. The van der Waals surface area contributed by atoms with E-state index < -0.39 is 6.29 Å². The Morgan fingerprint density at radius 1 is 1.50 bits per heavy atom. The van der Waals surface area contributed by atoms with Crippen LogP contribution in [0.1, 0.15) is 21.7 Å². The summed E-state index contributed by atoms with van der Waals surface area (Å²) in [5.41, 5.74) is 1.02. The predicted molar refractivity (Wildman–Crippen MR) is 55.8 cm³/mol. The summed E-state index contributed by atoms with van der Waals surface area (Å²) in [6.45, 7) is 1.93. The van der Waals surface area contributed by atoms with Crippen LogP contribution in [0.2, 0.25) is 0 Å². The Kier molecular flexibility index (Phi) is 4.25. The van der Waals surface area contributed by atoms with E-state index in [4.69, 9.17) is 9.47 Å². The Morgan fingerprint density at radius 3 is 2.57 bits per heavy atom. The van der Waals surface area contributed by atoms with E-state index in [-0.39, 0.29) is 12.2 Å². The molecule has 0 aliphatic carbocycles. The number of methoxy groups -OCH3 is 2. The third-order valence-electron chi connectivity index (χ3n) is 1.99. The van der Waals surface area contributed by atoms with Crippen molar-refractivity contribution in [1.82, 2.24) is 0 Å². The zero-order valence-corrected chi connectivity index (χ0v) is 9.39. The van der Waals surface area contributed by atoms with E-state index in [1.54, 1.807) is 0 Å². The highest BCUT2D eigenvalue weighted by Gasteiger charge is 2.16. The van der Waals surface area contributed by atoms with Gasteiger partial charge in [-0.15, -0.1) is 11.3 Å². The summed E-state index contributed by atoms with van der Waals surface area (Å²) in [4.78, 5) is 12.5. The fraction of sp³-hybridized carbons (Fsp3) is 0.500. The van der Waals surface area contributed by atoms with Gasteiger partial charge in [-0.3, -0.25) is 4.79 Å². The molecule has 0 saturated carbocycles. The molecule has 4 heteroatoms. The highest BCUT2D eigenvalue weighted by molar-refractivity contribution is 7.12. The molecule has 0 bridgehead atoms. The molecule has 0 N–H and O–H groups in total. The van der Waals surface area contributed by atoms with E-state index in [0.29, 0.717) is 0 Å². The molecule has 78 valence electrons. The van der Waals surface area contributed by atoms with Crippen molar-refractivity contribution in [2.45, 2.75) is 19.6 Å². The fourth-order valence-corrected chi connectivity index (χ4v) is 2.04. The minimum absolute atomic E-state index is 0.0752. The number of ether oxygens (including phenoxy) is 2. The third kappa shape index (κ3) is 2.64. The molecule has 0 fully saturated rings. The van der Waals surface area contributed by atoms with Crippen LogP contribution in [-0.2, 0) is 9.47 Å². The first-order chi connectivity index (χ1) is 6.69. The Bertz CT molecular complexity index is 302. The second-order valence-corrected chi connectivity index (χ2v) is 3.88. The van der Waals surface area contributed by atoms with Gasteiger partial charge >= 0.3 is 0 Å². The highest BCUT2D eigenvalue weighted by Crippen LogP contribution is 2.18. The summed E-state index contributed by atoms with van der Waals surface area (Å²) in [6, 6.07) is 1.94. The van der Waals surface area contributed by atoms with Gasteiger partial charge in [-0.1, -0.05) is 0 Å². The van der Waals surface area contributed by atoms with Crippen molar-refractivity contribution >= 4 is 17.1 Å². The van der Waals surface area contributed by atoms with Crippen molar-refractivity contribution in [3.63, 3.8) is 0 Å². The molecule has 0 saturated heterocycles. The molecule has 0 aliphatic rings. The predicted octanol–water partition coefficient (Wildman–Crippen LogP) is 2.25. The number of ketones is 1. The third-order valence-corrected chi connectivity index (χ3v) is 3.05. The second kappa shape index (κ2) is 5.24. The van der Waals surface area contributed by atoms with Gasteiger partial charge in [0.25, 0.3) is 0 Å². The van der Waals surface area contributed by atoms with Gasteiger partial charge in [0.15, 0.2) is 12.1 Å². The highest BCUT2D eigenvalue weighted by atomic mass is 32.1. The first kappa shape index (κ1) is 11.4. The van der Waals surface area contributed by atoms with Gasteiger partial charge in [-0.2, -0.15) is 0 Å². The molecular formula is C10H14O3S. The van der Waals surface area contributed by atoms with Gasteiger partial charge in [-0.25, -0.2) is 0 Å². The number of carbonyl (C=O) groups is 1. The summed E-state index contributed by atoms with van der Waals surface area (Å²) in [5, 5.41) is 1.91. The lowest BCUT2D eigenvalue weighted by atomic mass is 10.2. The number of hydrogen-bond donors (Lipinski definition) is 0. The van der Waals surface area contributed by atoms with Crippen LogP contribution in [0.5, 0.6) is 0 Å². The summed E-state index contributed by atoms with van der Waals surface area (Å²) >= 11 is 1.46. The molecule has 1 aromatic heterocycles. The maximum atomic E-state index is 11.7. The van der Waals surface area contributed by atoms with Gasteiger partial charge in [0.2, 0.25) is 0 Å². The average Bonchev–Trinajstić information content (AvgIpc) is 2.60. The summed E-state index contributed by atoms with van der Waals surface area (Å²) in [6.07, 6.45) is -0.169. The largest absolute Gasteiger partial charge is 0.355 e. The Balaban J connectivity index is 2.63. The standard InChI is InChI=1S/C10H14O3S/c1-7-4-5-14-10(7)8(11)6-9(12-2)13-3/h4-5,9H,6H2,1-3H3. The van der Waals surface area contributed by atoms with Crippen molar-refractivity contribution in [2.75, 3.05) is 14.2 Å². The summed E-state index contributed by atoms with van der Waals surface area (Å²) in [7, 11) is 3.06. The normalized spacial score (nSPS) is 10.9. The molecule has 1 rings (SSSR count). The smallest absolute Gasteiger partial charge is 0.178 e. The number of thiophene rings is 1. The summed E-state index contributed by atoms with van der Waals surface area (Å²) < 4.78 is 9.94. The topological polar surface area (TPSA) is 35.5 Å². The molecule has 0 amide bonds. The van der Waals surface area contributed by atoms with E-state index in [1.165, 1.54) is 25.6 Å². The van der Waals surface area contributed by atoms with Crippen molar-refractivity contribution in [3.05, 3.63) is 21.9 Å². The van der Waals surface area contributed by atoms with E-state index >= 15 is 0 Å². The molecule has 0 atom stereocenters. The molecule has 14 heavy (non-hydrogen) atoms. The zero-order chi connectivity index (χ0) is 10.6. The van der Waals surface area contributed by atoms with Gasteiger partial charge in [-0.05, 0) is 23.9 Å². The van der Waals surface area contributed by atoms with Crippen molar-refractivity contribution in [3.8, 4) is 0 Å². The molecule has 0 aliphatic heterocycles. The Labute approximate surface area is 87.7 Å². The number of carbonyl (C=O) groups excluding carboxylic acids is 1. The van der Waals surface area contributed by atoms with Gasteiger partial charge in [0.1, 0.15) is 0 Å². The SMILES string of the molecule is COC(CC(=O)c1sccc1C)OC. The van der Waals surface area contributed by atoms with Crippen molar-refractivity contribution in [2.24, 2.45) is 0 Å². The van der Waals surface area contributed by atoms with E-state index in [9.17, 15) is 4.79 Å². The molecule has 0 spiro atoms. The molecule has 1 heterocycles. The maximum absolute atomic E-state index is 11.7. The number of aryl methyl sites for hydroxylation is 1.